The summed E-state index contributed by atoms with van der Waals surface area (Å²) in [4.78, 5) is 14.4. The van der Waals surface area contributed by atoms with Crippen LogP contribution in [-0.2, 0) is 4.79 Å². The van der Waals surface area contributed by atoms with Crippen molar-refractivity contribution >= 4 is 23.2 Å². The van der Waals surface area contributed by atoms with Crippen molar-refractivity contribution in [2.45, 2.75) is 13.3 Å². The van der Waals surface area contributed by atoms with Crippen LogP contribution in [0.4, 0.5) is 5.69 Å². The van der Waals surface area contributed by atoms with Crippen LogP contribution in [-0.4, -0.2) is 57.2 Å². The fourth-order valence-electron chi connectivity index (χ4n) is 2.85. The van der Waals surface area contributed by atoms with E-state index in [9.17, 15) is 4.79 Å². The van der Waals surface area contributed by atoms with Crippen LogP contribution in [0.15, 0.2) is 24.5 Å². The predicted molar refractivity (Wildman–Crippen MR) is 91.0 cm³/mol. The molecule has 2 aromatic rings. The standard InChI is InChI=1S/C15H20ClN7O/c1-15(8-17)4-5-22(9-15)7-14(24)19-13-6-11(2-3-12(13)16)23-10-18-20-21-23/h2-3,6,10H,4-5,7-9,17H2,1H3,(H,19,24). The molecule has 1 amide bonds. The van der Waals surface area contributed by atoms with Crippen LogP contribution in [0, 0.1) is 5.41 Å². The summed E-state index contributed by atoms with van der Waals surface area (Å²) in [7, 11) is 0. The molecule has 0 saturated carbocycles. The van der Waals surface area contributed by atoms with E-state index in [0.29, 0.717) is 23.8 Å². The number of tetrazole rings is 1. The molecule has 1 saturated heterocycles. The molecule has 24 heavy (non-hydrogen) atoms. The average molecular weight is 350 g/mol. The first kappa shape index (κ1) is 16.8. The van der Waals surface area contributed by atoms with Gasteiger partial charge in [0.05, 0.1) is 22.9 Å². The Labute approximate surface area is 145 Å². The molecule has 8 nitrogen and oxygen atoms in total. The lowest BCUT2D eigenvalue weighted by Gasteiger charge is -2.22. The summed E-state index contributed by atoms with van der Waals surface area (Å²) < 4.78 is 1.50. The number of anilines is 1. The quantitative estimate of drug-likeness (QED) is 0.832. The SMILES string of the molecule is CC1(CN)CCN(CC(=O)Nc2cc(-n3cnnn3)ccc2Cl)C1. The number of aromatic nitrogens is 4. The minimum Gasteiger partial charge on any atom is -0.330 e. The number of benzene rings is 1. The van der Waals surface area contributed by atoms with Gasteiger partial charge < -0.3 is 11.1 Å². The zero-order valence-corrected chi connectivity index (χ0v) is 14.2. The van der Waals surface area contributed by atoms with Crippen molar-refractivity contribution < 1.29 is 4.79 Å². The Balaban J connectivity index is 1.65. The van der Waals surface area contributed by atoms with Crippen molar-refractivity contribution in [3.63, 3.8) is 0 Å². The number of hydrogen-bond acceptors (Lipinski definition) is 6. The van der Waals surface area contributed by atoms with Crippen molar-refractivity contribution in [3.05, 3.63) is 29.5 Å². The molecule has 1 aliphatic heterocycles. The molecule has 0 spiro atoms. The highest BCUT2D eigenvalue weighted by Gasteiger charge is 2.33. The first-order valence-corrected chi connectivity index (χ1v) is 8.12. The maximum atomic E-state index is 12.3. The number of carbonyl (C=O) groups excluding carboxylic acids is 1. The number of nitrogens with one attached hydrogen (secondary N) is 1. The number of likely N-dealkylation sites (tertiary alicyclic amines) is 1. The third-order valence-electron chi connectivity index (χ3n) is 4.33. The number of carbonyl (C=O) groups is 1. The number of amides is 1. The minimum absolute atomic E-state index is 0.0952. The van der Waals surface area contributed by atoms with Gasteiger partial charge in [-0.15, -0.1) is 5.10 Å². The van der Waals surface area contributed by atoms with Crippen LogP contribution in [0.25, 0.3) is 5.69 Å². The molecule has 2 heterocycles. The fraction of sp³-hybridized carbons (Fsp3) is 0.467. The van der Waals surface area contributed by atoms with Crippen molar-refractivity contribution in [2.75, 3.05) is 31.5 Å². The molecule has 1 aromatic heterocycles. The summed E-state index contributed by atoms with van der Waals surface area (Å²) in [6.07, 6.45) is 2.49. The molecule has 1 atom stereocenters. The van der Waals surface area contributed by atoms with Crippen LogP contribution in [0.5, 0.6) is 0 Å². The summed E-state index contributed by atoms with van der Waals surface area (Å²) in [5.41, 5.74) is 7.16. The average Bonchev–Trinajstić information content (AvgIpc) is 3.20. The van der Waals surface area contributed by atoms with Crippen LogP contribution in [0.2, 0.25) is 5.02 Å². The maximum absolute atomic E-state index is 12.3. The highest BCUT2D eigenvalue weighted by molar-refractivity contribution is 6.33. The summed E-state index contributed by atoms with van der Waals surface area (Å²) in [6, 6.07) is 5.22. The second-order valence-electron chi connectivity index (χ2n) is 6.44. The lowest BCUT2D eigenvalue weighted by molar-refractivity contribution is -0.117. The number of nitrogens with zero attached hydrogens (tertiary/aromatic N) is 5. The van der Waals surface area contributed by atoms with E-state index in [2.05, 4.69) is 32.7 Å². The highest BCUT2D eigenvalue weighted by atomic mass is 35.5. The summed E-state index contributed by atoms with van der Waals surface area (Å²) in [5, 5.41) is 14.3. The largest absolute Gasteiger partial charge is 0.330 e. The Kier molecular flexibility index (Phi) is 4.79. The van der Waals surface area contributed by atoms with E-state index in [-0.39, 0.29) is 11.3 Å². The smallest absolute Gasteiger partial charge is 0.238 e. The Hall–Kier alpha value is -2.03. The van der Waals surface area contributed by atoms with Crippen molar-refractivity contribution in [2.24, 2.45) is 11.1 Å². The van der Waals surface area contributed by atoms with E-state index in [1.165, 1.54) is 11.0 Å². The zero-order chi connectivity index (χ0) is 17.2. The van der Waals surface area contributed by atoms with Crippen LogP contribution < -0.4 is 11.1 Å². The summed E-state index contributed by atoms with van der Waals surface area (Å²) in [5.74, 6) is -0.105. The Morgan fingerprint density at radius 1 is 1.50 bits per heavy atom. The lowest BCUT2D eigenvalue weighted by atomic mass is 9.90. The van der Waals surface area contributed by atoms with Gasteiger partial charge in [-0.1, -0.05) is 18.5 Å². The van der Waals surface area contributed by atoms with E-state index < -0.39 is 0 Å². The Morgan fingerprint density at radius 3 is 3.00 bits per heavy atom. The van der Waals surface area contributed by atoms with Crippen LogP contribution in [0.3, 0.4) is 0 Å². The second kappa shape index (κ2) is 6.84. The number of nitrogens with two attached hydrogens (primary N) is 1. The number of rotatable bonds is 5. The van der Waals surface area contributed by atoms with Gasteiger partial charge in [0.2, 0.25) is 5.91 Å². The minimum atomic E-state index is -0.105. The van der Waals surface area contributed by atoms with E-state index in [0.717, 1.165) is 25.2 Å². The molecule has 3 N–H and O–H groups in total. The van der Waals surface area contributed by atoms with E-state index >= 15 is 0 Å². The predicted octanol–water partition coefficient (Wildman–Crippen LogP) is 0.925. The second-order valence-corrected chi connectivity index (χ2v) is 6.85. The molecule has 128 valence electrons. The third-order valence-corrected chi connectivity index (χ3v) is 4.66. The van der Waals surface area contributed by atoms with Crippen molar-refractivity contribution in [3.8, 4) is 5.69 Å². The Morgan fingerprint density at radius 2 is 2.33 bits per heavy atom. The molecule has 3 rings (SSSR count). The number of halogens is 1. The monoisotopic (exact) mass is 349 g/mol. The molecule has 0 radical (unpaired) electrons. The van der Waals surface area contributed by atoms with Crippen molar-refractivity contribution in [1.29, 1.82) is 0 Å². The molecule has 1 unspecified atom stereocenters. The normalized spacial score (nSPS) is 21.1. The number of hydrogen-bond donors (Lipinski definition) is 2. The van der Waals surface area contributed by atoms with Gasteiger partial charge in [0.25, 0.3) is 0 Å². The molecule has 0 aliphatic carbocycles. The van der Waals surface area contributed by atoms with Gasteiger partial charge in [-0.05, 0) is 53.6 Å². The van der Waals surface area contributed by atoms with Crippen molar-refractivity contribution in [1.82, 2.24) is 25.1 Å². The topological polar surface area (TPSA) is 102 Å². The fourth-order valence-corrected chi connectivity index (χ4v) is 3.02. The molecular weight excluding hydrogens is 330 g/mol. The Bertz CT molecular complexity index is 721. The zero-order valence-electron chi connectivity index (χ0n) is 13.4. The van der Waals surface area contributed by atoms with Gasteiger partial charge in [-0.25, -0.2) is 4.68 Å². The van der Waals surface area contributed by atoms with Gasteiger partial charge in [0.15, 0.2) is 0 Å². The van der Waals surface area contributed by atoms with Gasteiger partial charge >= 0.3 is 0 Å². The molecule has 0 bridgehead atoms. The van der Waals surface area contributed by atoms with E-state index in [1.54, 1.807) is 18.2 Å². The first-order chi connectivity index (χ1) is 11.5. The van der Waals surface area contributed by atoms with Gasteiger partial charge in [0.1, 0.15) is 6.33 Å². The van der Waals surface area contributed by atoms with Gasteiger partial charge in [0, 0.05) is 6.54 Å². The molecule has 9 heteroatoms. The summed E-state index contributed by atoms with van der Waals surface area (Å²) >= 11 is 6.18. The first-order valence-electron chi connectivity index (χ1n) is 7.74. The van der Waals surface area contributed by atoms with E-state index in [4.69, 9.17) is 17.3 Å². The van der Waals surface area contributed by atoms with E-state index in [1.807, 2.05) is 0 Å². The lowest BCUT2D eigenvalue weighted by Crippen LogP contribution is -2.35. The molecular formula is C15H20ClN7O. The summed E-state index contributed by atoms with van der Waals surface area (Å²) in [6.45, 7) is 4.80. The molecule has 1 aromatic carbocycles. The third kappa shape index (κ3) is 3.72. The van der Waals surface area contributed by atoms with Gasteiger partial charge in [-0.2, -0.15) is 0 Å². The van der Waals surface area contributed by atoms with Crippen LogP contribution in [0.1, 0.15) is 13.3 Å². The highest BCUT2D eigenvalue weighted by Crippen LogP contribution is 2.28. The van der Waals surface area contributed by atoms with Crippen LogP contribution >= 0.6 is 11.6 Å². The maximum Gasteiger partial charge on any atom is 0.238 e. The molecule has 1 aliphatic rings. The molecule has 1 fully saturated rings. The van der Waals surface area contributed by atoms with Gasteiger partial charge in [-0.3, -0.25) is 9.69 Å².